The quantitative estimate of drug-likeness (QED) is 0.276. The Kier molecular flexibility index (Phi) is 10.1. The van der Waals surface area contributed by atoms with E-state index in [4.69, 9.17) is 13.7 Å². The van der Waals surface area contributed by atoms with Crippen molar-refractivity contribution >= 4 is 42.5 Å². The Labute approximate surface area is 251 Å². The van der Waals surface area contributed by atoms with Crippen LogP contribution in [0.2, 0.25) is 0 Å². The first-order chi connectivity index (χ1) is 20.4. The Balaban J connectivity index is 0.000000782. The fourth-order valence-corrected chi connectivity index (χ4v) is 5.92. The average molecular weight is 630 g/mol. The van der Waals surface area contributed by atoms with Crippen molar-refractivity contribution in [3.05, 3.63) is 88.6 Å². The number of benzene rings is 3. The predicted molar refractivity (Wildman–Crippen MR) is 169 cm³/mol. The Morgan fingerprint density at radius 3 is 2.19 bits per heavy atom. The zero-order chi connectivity index (χ0) is 31.2. The molecule has 13 heteroatoms. The Hall–Kier alpha value is -3.91. The van der Waals surface area contributed by atoms with Crippen molar-refractivity contribution in [2.75, 3.05) is 61.5 Å². The molecule has 2 N–H and O–H groups in total. The van der Waals surface area contributed by atoms with Gasteiger partial charge < -0.3 is 14.1 Å². The van der Waals surface area contributed by atoms with Crippen molar-refractivity contribution in [3.63, 3.8) is 0 Å². The lowest BCUT2D eigenvalue weighted by Crippen LogP contribution is -2.48. The predicted octanol–water partition coefficient (Wildman–Crippen LogP) is 3.84. The van der Waals surface area contributed by atoms with Crippen molar-refractivity contribution in [1.29, 1.82) is 0 Å². The van der Waals surface area contributed by atoms with Gasteiger partial charge in [-0.3, -0.25) is 19.0 Å². The van der Waals surface area contributed by atoms with Gasteiger partial charge in [-0.05, 0) is 31.2 Å². The van der Waals surface area contributed by atoms with Crippen LogP contribution in [0.3, 0.4) is 0 Å². The molecule has 1 fully saturated rings. The Bertz CT molecular complexity index is 1830. The van der Waals surface area contributed by atoms with Crippen LogP contribution in [0.25, 0.3) is 22.3 Å². The summed E-state index contributed by atoms with van der Waals surface area (Å²) in [4.78, 5) is 17.5. The molecule has 0 bridgehead atoms. The monoisotopic (exact) mass is 629 g/mol. The highest BCUT2D eigenvalue weighted by molar-refractivity contribution is 7.92. The van der Waals surface area contributed by atoms with E-state index in [1.54, 1.807) is 32.2 Å². The summed E-state index contributed by atoms with van der Waals surface area (Å²) >= 11 is 0. The van der Waals surface area contributed by atoms with Gasteiger partial charge in [0.05, 0.1) is 35.9 Å². The van der Waals surface area contributed by atoms with Crippen LogP contribution in [0.15, 0.2) is 82.0 Å². The standard InChI is InChI=1S/C29H31N3O5S.CH4O3S/c1-21-27(33)23-11-8-12-24(29(23)37-28(21)22-9-4-3-5-10-22)30-38(34,35)20-19-31-15-17-32(18-16-31)25-13-6-7-14-26(25)36-2;1-5(2,3)4/h3-14,30H,15-20H2,1-2H3;1H3,(H,2,3,4). The molecule has 0 amide bonds. The SMILES string of the molecule is COc1ccccc1N1CCN(CCS(=O)(=O)Nc2cccc3c(=O)c(C)c(-c4ccccc4)oc23)CC1.CS(=O)(=O)O. The molecule has 11 nitrogen and oxygen atoms in total. The molecular weight excluding hydrogens is 594 g/mol. The van der Waals surface area contributed by atoms with Crippen molar-refractivity contribution < 1.29 is 30.5 Å². The summed E-state index contributed by atoms with van der Waals surface area (Å²) in [5.74, 6) is 1.20. The first-order valence-electron chi connectivity index (χ1n) is 13.5. The third-order valence-corrected chi connectivity index (χ3v) is 8.17. The summed E-state index contributed by atoms with van der Waals surface area (Å²) in [6.45, 7) is 5.18. The van der Waals surface area contributed by atoms with Gasteiger partial charge in [-0.25, -0.2) is 8.42 Å². The molecule has 43 heavy (non-hydrogen) atoms. The largest absolute Gasteiger partial charge is 0.495 e. The number of sulfonamides is 1. The number of anilines is 2. The smallest absolute Gasteiger partial charge is 0.261 e. The molecule has 230 valence electrons. The van der Waals surface area contributed by atoms with Crippen molar-refractivity contribution in [2.24, 2.45) is 0 Å². The highest BCUT2D eigenvalue weighted by Crippen LogP contribution is 2.30. The van der Waals surface area contributed by atoms with Crippen molar-refractivity contribution in [1.82, 2.24) is 4.90 Å². The number of ether oxygens (including phenoxy) is 1. The molecule has 1 aliphatic heterocycles. The summed E-state index contributed by atoms with van der Waals surface area (Å²) in [6, 6.07) is 22.2. The van der Waals surface area contributed by atoms with Gasteiger partial charge in [0.1, 0.15) is 11.5 Å². The third-order valence-electron chi connectivity index (χ3n) is 6.92. The normalized spacial score (nSPS) is 14.2. The highest BCUT2D eigenvalue weighted by atomic mass is 32.2. The third kappa shape index (κ3) is 8.57. The summed E-state index contributed by atoms with van der Waals surface area (Å²) in [5, 5.41) is 0.342. The van der Waals surface area contributed by atoms with Crippen LogP contribution in [-0.2, 0) is 20.1 Å². The molecule has 3 aromatic carbocycles. The van der Waals surface area contributed by atoms with Crippen LogP contribution in [0.5, 0.6) is 5.75 Å². The highest BCUT2D eigenvalue weighted by Gasteiger charge is 2.22. The zero-order valence-electron chi connectivity index (χ0n) is 24.2. The number of nitrogens with one attached hydrogen (secondary N) is 1. The summed E-state index contributed by atoms with van der Waals surface area (Å²) in [7, 11) is -5.69. The minimum atomic E-state index is -3.69. The molecule has 0 saturated carbocycles. The second-order valence-electron chi connectivity index (χ2n) is 10.1. The van der Waals surface area contributed by atoms with Crippen molar-refractivity contribution in [2.45, 2.75) is 6.92 Å². The number of piperazine rings is 1. The molecule has 4 aromatic rings. The molecule has 1 aliphatic rings. The van der Waals surface area contributed by atoms with Crippen LogP contribution < -0.4 is 19.8 Å². The molecule has 5 rings (SSSR count). The van der Waals surface area contributed by atoms with E-state index < -0.39 is 20.1 Å². The minimum Gasteiger partial charge on any atom is -0.495 e. The maximum atomic E-state index is 13.1. The van der Waals surface area contributed by atoms with Gasteiger partial charge in [-0.15, -0.1) is 0 Å². The van der Waals surface area contributed by atoms with Crippen LogP contribution >= 0.6 is 0 Å². The van der Waals surface area contributed by atoms with E-state index in [1.807, 2.05) is 54.6 Å². The van der Waals surface area contributed by atoms with E-state index in [1.165, 1.54) is 0 Å². The molecule has 0 spiro atoms. The van der Waals surface area contributed by atoms with Gasteiger partial charge in [0.2, 0.25) is 10.0 Å². The van der Waals surface area contributed by atoms with E-state index in [0.29, 0.717) is 29.5 Å². The molecule has 1 saturated heterocycles. The van der Waals surface area contributed by atoms with E-state index in [2.05, 4.69) is 14.5 Å². The fraction of sp³-hybridized carbons (Fsp3) is 0.300. The van der Waals surface area contributed by atoms with E-state index in [0.717, 1.165) is 43.2 Å². The van der Waals surface area contributed by atoms with Gasteiger partial charge in [0, 0.05) is 43.9 Å². The van der Waals surface area contributed by atoms with Crippen LogP contribution in [0, 0.1) is 6.92 Å². The second kappa shape index (κ2) is 13.6. The van der Waals surface area contributed by atoms with Crippen LogP contribution in [0.4, 0.5) is 11.4 Å². The van der Waals surface area contributed by atoms with E-state index >= 15 is 0 Å². The molecule has 1 aromatic heterocycles. The maximum absolute atomic E-state index is 13.1. The topological polar surface area (TPSA) is 146 Å². The number of methoxy groups -OCH3 is 1. The van der Waals surface area contributed by atoms with Gasteiger partial charge in [-0.2, -0.15) is 8.42 Å². The Morgan fingerprint density at radius 1 is 0.907 bits per heavy atom. The second-order valence-corrected chi connectivity index (χ2v) is 13.4. The molecule has 0 atom stereocenters. The summed E-state index contributed by atoms with van der Waals surface area (Å²) in [5.41, 5.74) is 2.60. The van der Waals surface area contributed by atoms with Crippen LogP contribution in [0.1, 0.15) is 5.56 Å². The molecule has 2 heterocycles. The van der Waals surface area contributed by atoms with Crippen molar-refractivity contribution in [3.8, 4) is 17.1 Å². The van der Waals surface area contributed by atoms with E-state index in [-0.39, 0.29) is 22.5 Å². The maximum Gasteiger partial charge on any atom is 0.261 e. The van der Waals surface area contributed by atoms with Gasteiger partial charge >= 0.3 is 0 Å². The van der Waals surface area contributed by atoms with Crippen LogP contribution in [-0.4, -0.2) is 78.1 Å². The van der Waals surface area contributed by atoms with Gasteiger partial charge in [-0.1, -0.05) is 48.5 Å². The lowest BCUT2D eigenvalue weighted by Gasteiger charge is -2.36. The Morgan fingerprint density at radius 2 is 1.53 bits per heavy atom. The molecular formula is C30H35N3O8S2. The number of para-hydroxylation sites is 3. The number of hydrogen-bond donors (Lipinski definition) is 2. The lowest BCUT2D eigenvalue weighted by molar-refractivity contribution is 0.271. The summed E-state index contributed by atoms with van der Waals surface area (Å²) < 4.78 is 66.3. The first kappa shape index (κ1) is 32.0. The van der Waals surface area contributed by atoms with Gasteiger partial charge in [0.25, 0.3) is 10.1 Å². The zero-order valence-corrected chi connectivity index (χ0v) is 25.8. The molecule has 0 unspecified atom stereocenters. The summed E-state index contributed by atoms with van der Waals surface area (Å²) in [6.07, 6.45) is 0.715. The lowest BCUT2D eigenvalue weighted by atomic mass is 10.1. The average Bonchev–Trinajstić information content (AvgIpc) is 2.98. The number of nitrogens with zero attached hydrogens (tertiary/aromatic N) is 2. The number of fused-ring (bicyclic) bond motifs is 1. The van der Waals surface area contributed by atoms with E-state index in [9.17, 15) is 21.6 Å². The molecule has 0 aliphatic carbocycles. The first-order valence-corrected chi connectivity index (χ1v) is 17.0. The number of rotatable bonds is 8. The minimum absolute atomic E-state index is 0.0698. The van der Waals surface area contributed by atoms with Gasteiger partial charge in [0.15, 0.2) is 11.0 Å². The fourth-order valence-electron chi connectivity index (χ4n) is 4.83. The molecule has 0 radical (unpaired) electrons. The number of hydrogen-bond acceptors (Lipinski definition) is 9.